The highest BCUT2D eigenvalue weighted by Crippen LogP contribution is 2.30. The first-order valence-electron chi connectivity index (χ1n) is 6.49. The summed E-state index contributed by atoms with van der Waals surface area (Å²) in [6.45, 7) is 0. The molecule has 0 spiro atoms. The first kappa shape index (κ1) is 13.2. The van der Waals surface area contributed by atoms with Crippen molar-refractivity contribution in [3.63, 3.8) is 0 Å². The Morgan fingerprint density at radius 2 is 1.80 bits per heavy atom. The minimum Gasteiger partial charge on any atom is -0.508 e. The van der Waals surface area contributed by atoms with Crippen LogP contribution in [0.3, 0.4) is 0 Å². The van der Waals surface area contributed by atoms with E-state index in [1.807, 2.05) is 6.07 Å². The Balaban J connectivity index is 1.69. The number of carbonyl (C=O) groups is 1. The Kier molecular flexibility index (Phi) is 3.49. The fourth-order valence-corrected chi connectivity index (χ4v) is 2.97. The molecule has 2 aromatic rings. The summed E-state index contributed by atoms with van der Waals surface area (Å²) in [6, 6.07) is 12.7. The zero-order chi connectivity index (χ0) is 14.1. The van der Waals surface area contributed by atoms with E-state index < -0.39 is 0 Å². The van der Waals surface area contributed by atoms with Crippen LogP contribution in [0.1, 0.15) is 11.1 Å². The Morgan fingerprint density at radius 1 is 1.10 bits per heavy atom. The maximum atomic E-state index is 12.3. The van der Waals surface area contributed by atoms with Crippen molar-refractivity contribution in [2.45, 2.75) is 12.8 Å². The van der Waals surface area contributed by atoms with Gasteiger partial charge < -0.3 is 10.4 Å². The van der Waals surface area contributed by atoms with Crippen molar-refractivity contribution in [3.8, 4) is 5.75 Å². The molecule has 0 radical (unpaired) electrons. The summed E-state index contributed by atoms with van der Waals surface area (Å²) in [5, 5.41) is 12.1. The number of aromatic hydroxyl groups is 1. The molecule has 1 amide bonds. The second-order valence-electron chi connectivity index (χ2n) is 5.05. The molecule has 1 unspecified atom stereocenters. The molecule has 0 saturated heterocycles. The normalized spacial score (nSPS) is 16.8. The Hall–Kier alpha value is -1.81. The summed E-state index contributed by atoms with van der Waals surface area (Å²) in [5.74, 6) is 0.206. The number of amides is 1. The molecule has 3 nitrogen and oxygen atoms in total. The number of benzene rings is 2. The van der Waals surface area contributed by atoms with Crippen LogP contribution in [-0.2, 0) is 17.6 Å². The van der Waals surface area contributed by atoms with Gasteiger partial charge >= 0.3 is 0 Å². The zero-order valence-electron chi connectivity index (χ0n) is 10.8. The van der Waals surface area contributed by atoms with Crippen LogP contribution >= 0.6 is 15.9 Å². The lowest BCUT2D eigenvalue weighted by atomic mass is 10.1. The zero-order valence-corrected chi connectivity index (χ0v) is 12.4. The van der Waals surface area contributed by atoms with E-state index in [-0.39, 0.29) is 17.6 Å². The SMILES string of the molecule is O=C(Nc1ccc(O)cc1)C1Cc2ccc(Br)cc2C1. The second kappa shape index (κ2) is 5.29. The van der Waals surface area contributed by atoms with Gasteiger partial charge in [0.15, 0.2) is 0 Å². The predicted molar refractivity (Wildman–Crippen MR) is 81.8 cm³/mol. The van der Waals surface area contributed by atoms with Gasteiger partial charge in [0.2, 0.25) is 5.91 Å². The van der Waals surface area contributed by atoms with E-state index in [0.29, 0.717) is 5.69 Å². The third-order valence-corrected chi connectivity index (χ3v) is 4.10. The molecule has 1 atom stereocenters. The van der Waals surface area contributed by atoms with Crippen molar-refractivity contribution >= 4 is 27.5 Å². The van der Waals surface area contributed by atoms with Gasteiger partial charge in [0.05, 0.1) is 0 Å². The number of carbonyl (C=O) groups excluding carboxylic acids is 1. The number of hydrogen-bond donors (Lipinski definition) is 2. The van der Waals surface area contributed by atoms with Crippen molar-refractivity contribution in [2.75, 3.05) is 5.32 Å². The number of rotatable bonds is 2. The topological polar surface area (TPSA) is 49.3 Å². The van der Waals surface area contributed by atoms with Gasteiger partial charge in [-0.3, -0.25) is 4.79 Å². The number of phenols is 1. The summed E-state index contributed by atoms with van der Waals surface area (Å²) in [7, 11) is 0. The van der Waals surface area contributed by atoms with Crippen molar-refractivity contribution in [3.05, 3.63) is 58.1 Å². The van der Waals surface area contributed by atoms with Crippen molar-refractivity contribution in [1.29, 1.82) is 0 Å². The van der Waals surface area contributed by atoms with Gasteiger partial charge in [-0.05, 0) is 60.4 Å². The average molecular weight is 332 g/mol. The summed E-state index contributed by atoms with van der Waals surface area (Å²) in [4.78, 5) is 12.3. The largest absolute Gasteiger partial charge is 0.508 e. The van der Waals surface area contributed by atoms with E-state index in [0.717, 1.165) is 17.3 Å². The monoisotopic (exact) mass is 331 g/mol. The molecule has 3 rings (SSSR count). The van der Waals surface area contributed by atoms with E-state index in [1.165, 1.54) is 11.1 Å². The van der Waals surface area contributed by atoms with E-state index >= 15 is 0 Å². The highest BCUT2D eigenvalue weighted by molar-refractivity contribution is 9.10. The molecule has 0 aromatic heterocycles. The van der Waals surface area contributed by atoms with E-state index in [4.69, 9.17) is 0 Å². The molecular formula is C16H14BrNO2. The van der Waals surface area contributed by atoms with Gasteiger partial charge in [-0.1, -0.05) is 22.0 Å². The van der Waals surface area contributed by atoms with Crippen LogP contribution in [0.4, 0.5) is 5.69 Å². The quantitative estimate of drug-likeness (QED) is 0.827. The van der Waals surface area contributed by atoms with Crippen LogP contribution in [0, 0.1) is 5.92 Å². The Morgan fingerprint density at radius 3 is 2.55 bits per heavy atom. The molecule has 0 heterocycles. The smallest absolute Gasteiger partial charge is 0.228 e. The minimum atomic E-state index is -0.0203. The third kappa shape index (κ3) is 2.70. The van der Waals surface area contributed by atoms with Gasteiger partial charge in [-0.25, -0.2) is 0 Å². The fraction of sp³-hybridized carbons (Fsp3) is 0.188. The number of fused-ring (bicyclic) bond motifs is 1. The maximum Gasteiger partial charge on any atom is 0.228 e. The Bertz CT molecular complexity index is 652. The Labute approximate surface area is 125 Å². The van der Waals surface area contributed by atoms with E-state index in [1.54, 1.807) is 24.3 Å². The third-order valence-electron chi connectivity index (χ3n) is 3.61. The van der Waals surface area contributed by atoms with Crippen molar-refractivity contribution in [1.82, 2.24) is 0 Å². The minimum absolute atomic E-state index is 0.0203. The number of hydrogen-bond acceptors (Lipinski definition) is 2. The second-order valence-corrected chi connectivity index (χ2v) is 5.97. The molecule has 0 bridgehead atoms. The lowest BCUT2D eigenvalue weighted by Crippen LogP contribution is -2.23. The van der Waals surface area contributed by atoms with Crippen LogP contribution < -0.4 is 5.32 Å². The van der Waals surface area contributed by atoms with Crippen LogP contribution in [0.5, 0.6) is 5.75 Å². The highest BCUT2D eigenvalue weighted by atomic mass is 79.9. The van der Waals surface area contributed by atoms with E-state index in [2.05, 4.69) is 33.4 Å². The number of anilines is 1. The molecule has 4 heteroatoms. The standard InChI is InChI=1S/C16H14BrNO2/c17-13-2-1-10-7-12(8-11(10)9-13)16(20)18-14-3-5-15(19)6-4-14/h1-6,9,12,19H,7-8H2,(H,18,20). The van der Waals surface area contributed by atoms with Crippen molar-refractivity contribution < 1.29 is 9.90 Å². The molecule has 2 aromatic carbocycles. The number of nitrogens with one attached hydrogen (secondary N) is 1. The van der Waals surface area contributed by atoms with Crippen LogP contribution in [-0.4, -0.2) is 11.0 Å². The van der Waals surface area contributed by atoms with Gasteiger partial charge in [-0.15, -0.1) is 0 Å². The van der Waals surface area contributed by atoms with Crippen molar-refractivity contribution in [2.24, 2.45) is 5.92 Å². The van der Waals surface area contributed by atoms with Gasteiger partial charge in [0.25, 0.3) is 0 Å². The summed E-state index contributed by atoms with van der Waals surface area (Å²) in [6.07, 6.45) is 1.56. The first-order valence-corrected chi connectivity index (χ1v) is 7.28. The number of phenolic OH excluding ortho intramolecular Hbond substituents is 1. The molecule has 0 aliphatic heterocycles. The molecular weight excluding hydrogens is 318 g/mol. The van der Waals surface area contributed by atoms with Gasteiger partial charge in [0.1, 0.15) is 5.75 Å². The first-order chi connectivity index (χ1) is 9.61. The summed E-state index contributed by atoms with van der Waals surface area (Å²) in [5.41, 5.74) is 3.20. The highest BCUT2D eigenvalue weighted by Gasteiger charge is 2.27. The molecule has 1 aliphatic rings. The summed E-state index contributed by atoms with van der Waals surface area (Å²) < 4.78 is 1.05. The molecule has 0 saturated carbocycles. The molecule has 20 heavy (non-hydrogen) atoms. The lowest BCUT2D eigenvalue weighted by molar-refractivity contribution is -0.119. The van der Waals surface area contributed by atoms with Crippen LogP contribution in [0.15, 0.2) is 46.9 Å². The predicted octanol–water partition coefficient (Wildman–Crippen LogP) is 3.51. The molecule has 1 aliphatic carbocycles. The fourth-order valence-electron chi connectivity index (χ4n) is 2.56. The lowest BCUT2D eigenvalue weighted by Gasteiger charge is -2.10. The molecule has 102 valence electrons. The van der Waals surface area contributed by atoms with Gasteiger partial charge in [0, 0.05) is 16.1 Å². The molecule has 2 N–H and O–H groups in total. The maximum absolute atomic E-state index is 12.3. The number of halogens is 1. The summed E-state index contributed by atoms with van der Waals surface area (Å²) >= 11 is 3.46. The van der Waals surface area contributed by atoms with E-state index in [9.17, 15) is 9.90 Å². The van der Waals surface area contributed by atoms with Crippen LogP contribution in [0.2, 0.25) is 0 Å². The molecule has 0 fully saturated rings. The average Bonchev–Trinajstić information content (AvgIpc) is 2.84. The van der Waals surface area contributed by atoms with Gasteiger partial charge in [-0.2, -0.15) is 0 Å². The van der Waals surface area contributed by atoms with Crippen LogP contribution in [0.25, 0.3) is 0 Å².